The highest BCUT2D eigenvalue weighted by Crippen LogP contribution is 2.25. The number of hydrogen-bond acceptors (Lipinski definition) is 3. The normalized spacial score (nSPS) is 11.0. The maximum atomic E-state index is 12.3. The molecule has 0 radical (unpaired) electrons. The molecule has 2 rings (SSSR count). The summed E-state index contributed by atoms with van der Waals surface area (Å²) in [4.78, 5) is 7.56. The fraction of sp³-hybridized carbons (Fsp3) is 0. The summed E-state index contributed by atoms with van der Waals surface area (Å²) in [5.74, 6) is 0. The van der Waals surface area contributed by atoms with E-state index in [4.69, 9.17) is 23.2 Å². The topological polar surface area (TPSA) is 30.7 Å². The molecule has 0 spiro atoms. The number of aromatic nitrogens is 3. The molecule has 0 saturated heterocycles. The fourth-order valence-corrected chi connectivity index (χ4v) is 1.73. The minimum Gasteiger partial charge on any atom is -0.247 e. The zero-order valence-electron chi connectivity index (χ0n) is 6.04. The van der Waals surface area contributed by atoms with E-state index in [-0.39, 0.29) is 22.8 Å². The van der Waals surface area contributed by atoms with Gasteiger partial charge in [0.15, 0.2) is 18.0 Å². The van der Waals surface area contributed by atoms with Crippen LogP contribution in [0.2, 0.25) is 10.4 Å². The van der Waals surface area contributed by atoms with Crippen molar-refractivity contribution in [1.29, 1.82) is 0 Å². The Morgan fingerprint density at radius 3 is 2.85 bits per heavy atom. The third kappa shape index (κ3) is 1.47. The van der Waals surface area contributed by atoms with Crippen LogP contribution in [0.3, 0.4) is 0 Å². The van der Waals surface area contributed by atoms with Gasteiger partial charge in [0.05, 0.1) is 5.39 Å². The van der Waals surface area contributed by atoms with Gasteiger partial charge in [-0.25, -0.2) is 8.96 Å². The van der Waals surface area contributed by atoms with E-state index >= 15 is 0 Å². The molecular weight excluding hydrogens is 236 g/mol. The van der Waals surface area contributed by atoms with Crippen LogP contribution in [0.15, 0.2) is 12.3 Å². The second-order valence-corrected chi connectivity index (χ2v) is 3.46. The molecule has 0 aliphatic heterocycles. The maximum Gasteiger partial charge on any atom is 0.225 e. The van der Waals surface area contributed by atoms with E-state index in [9.17, 15) is 3.89 Å². The van der Waals surface area contributed by atoms with Gasteiger partial charge in [-0.3, -0.25) is 0 Å². The molecule has 68 valence electrons. The Kier molecular flexibility index (Phi) is 2.31. The fourth-order valence-electron chi connectivity index (χ4n) is 0.986. The largest absolute Gasteiger partial charge is 0.247 e. The number of fused-ring (bicyclic) bond motifs is 1. The van der Waals surface area contributed by atoms with Crippen LogP contribution >= 0.6 is 35.5 Å². The number of rotatable bonds is 1. The standard InChI is InChI=1S/C6H2Cl2FN3S/c7-4-3-1-2-12(13-9)5(3)11-6(8)10-4/h1-2H. The van der Waals surface area contributed by atoms with Crippen molar-refractivity contribution in [2.75, 3.05) is 0 Å². The van der Waals surface area contributed by atoms with Crippen LogP contribution < -0.4 is 0 Å². The maximum absolute atomic E-state index is 12.3. The van der Waals surface area contributed by atoms with E-state index in [0.29, 0.717) is 11.0 Å². The molecule has 2 heterocycles. The van der Waals surface area contributed by atoms with Crippen LogP contribution in [0.25, 0.3) is 11.0 Å². The zero-order valence-corrected chi connectivity index (χ0v) is 8.37. The third-order valence-electron chi connectivity index (χ3n) is 1.51. The lowest BCUT2D eigenvalue weighted by Crippen LogP contribution is -1.88. The van der Waals surface area contributed by atoms with Gasteiger partial charge in [-0.1, -0.05) is 11.6 Å². The summed E-state index contributed by atoms with van der Waals surface area (Å²) >= 11 is 11.3. The van der Waals surface area contributed by atoms with Gasteiger partial charge < -0.3 is 0 Å². The van der Waals surface area contributed by atoms with Gasteiger partial charge >= 0.3 is 0 Å². The van der Waals surface area contributed by atoms with Crippen LogP contribution in [0.5, 0.6) is 0 Å². The predicted molar refractivity (Wildman–Crippen MR) is 51.6 cm³/mol. The van der Waals surface area contributed by atoms with Crippen molar-refractivity contribution in [1.82, 2.24) is 13.9 Å². The van der Waals surface area contributed by atoms with Crippen molar-refractivity contribution in [3.8, 4) is 0 Å². The lowest BCUT2D eigenvalue weighted by atomic mass is 10.4. The molecule has 2 aromatic rings. The minimum atomic E-state index is 0.00602. The van der Waals surface area contributed by atoms with Gasteiger partial charge in [0.2, 0.25) is 5.28 Å². The van der Waals surface area contributed by atoms with Crippen molar-refractivity contribution >= 4 is 46.6 Å². The summed E-state index contributed by atoms with van der Waals surface area (Å²) in [6.45, 7) is 0. The highest BCUT2D eigenvalue weighted by Gasteiger charge is 2.09. The molecule has 0 aliphatic carbocycles. The Bertz CT molecular complexity index is 458. The first-order valence-electron chi connectivity index (χ1n) is 3.21. The second-order valence-electron chi connectivity index (χ2n) is 2.23. The molecule has 2 aromatic heterocycles. The molecular formula is C6H2Cl2FN3S. The van der Waals surface area contributed by atoms with E-state index in [0.717, 1.165) is 0 Å². The molecule has 0 amide bonds. The highest BCUT2D eigenvalue weighted by atomic mass is 35.5. The summed E-state index contributed by atoms with van der Waals surface area (Å²) in [6, 6.07) is 1.63. The molecule has 0 N–H and O–H groups in total. The molecule has 3 nitrogen and oxygen atoms in total. The monoisotopic (exact) mass is 237 g/mol. The molecule has 0 atom stereocenters. The summed E-state index contributed by atoms with van der Waals surface area (Å²) in [6.07, 6.45) is 1.51. The van der Waals surface area contributed by atoms with Crippen molar-refractivity contribution in [3.63, 3.8) is 0 Å². The van der Waals surface area contributed by atoms with Crippen LogP contribution in [-0.4, -0.2) is 13.9 Å². The number of nitrogens with zero attached hydrogens (tertiary/aromatic N) is 3. The summed E-state index contributed by atoms with van der Waals surface area (Å²) in [5, 5.41) is 0.811. The number of halogens is 3. The molecule has 13 heavy (non-hydrogen) atoms. The summed E-state index contributed by atoms with van der Waals surface area (Å²) in [5.41, 5.74) is 0.373. The van der Waals surface area contributed by atoms with Crippen LogP contribution in [0.1, 0.15) is 0 Å². The first-order chi connectivity index (χ1) is 6.22. The predicted octanol–water partition coefficient (Wildman–Crippen LogP) is 3.12. The average molecular weight is 238 g/mol. The zero-order chi connectivity index (χ0) is 9.42. The smallest absolute Gasteiger partial charge is 0.225 e. The van der Waals surface area contributed by atoms with Crippen LogP contribution in [0.4, 0.5) is 3.89 Å². The average Bonchev–Trinajstić information content (AvgIpc) is 2.47. The Morgan fingerprint density at radius 2 is 2.15 bits per heavy atom. The van der Waals surface area contributed by atoms with E-state index in [1.165, 1.54) is 10.2 Å². The van der Waals surface area contributed by atoms with Crippen LogP contribution in [0, 0.1) is 0 Å². The highest BCUT2D eigenvalue weighted by molar-refractivity contribution is 7.92. The van der Waals surface area contributed by atoms with E-state index in [2.05, 4.69) is 9.97 Å². The van der Waals surface area contributed by atoms with Crippen molar-refractivity contribution in [2.24, 2.45) is 0 Å². The van der Waals surface area contributed by atoms with E-state index < -0.39 is 0 Å². The molecule has 7 heteroatoms. The van der Waals surface area contributed by atoms with Gasteiger partial charge in [-0.15, -0.1) is 3.89 Å². The molecule has 0 aliphatic rings. The Labute approximate surface area is 87.3 Å². The van der Waals surface area contributed by atoms with Gasteiger partial charge in [0, 0.05) is 6.20 Å². The lowest BCUT2D eigenvalue weighted by molar-refractivity contribution is 0.919. The van der Waals surface area contributed by atoms with Gasteiger partial charge in [-0.2, -0.15) is 4.98 Å². The van der Waals surface area contributed by atoms with E-state index in [1.807, 2.05) is 0 Å². The first-order valence-corrected chi connectivity index (χ1v) is 4.64. The Balaban J connectivity index is 2.82. The van der Waals surface area contributed by atoms with Gasteiger partial charge in [0.1, 0.15) is 5.15 Å². The quantitative estimate of drug-likeness (QED) is 0.564. The van der Waals surface area contributed by atoms with E-state index in [1.54, 1.807) is 6.07 Å². The number of hydrogen-bond donors (Lipinski definition) is 0. The van der Waals surface area contributed by atoms with Crippen molar-refractivity contribution < 1.29 is 3.89 Å². The van der Waals surface area contributed by atoms with Crippen LogP contribution in [-0.2, 0) is 0 Å². The van der Waals surface area contributed by atoms with Gasteiger partial charge in [0.25, 0.3) is 0 Å². The third-order valence-corrected chi connectivity index (χ3v) is 2.41. The first kappa shape index (κ1) is 9.05. The van der Waals surface area contributed by atoms with Crippen molar-refractivity contribution in [2.45, 2.75) is 0 Å². The Morgan fingerprint density at radius 1 is 1.38 bits per heavy atom. The Hall–Kier alpha value is -0.520. The van der Waals surface area contributed by atoms with Crippen molar-refractivity contribution in [3.05, 3.63) is 22.7 Å². The molecule has 0 unspecified atom stereocenters. The molecule has 0 aromatic carbocycles. The summed E-state index contributed by atoms with van der Waals surface area (Å²) < 4.78 is 13.5. The molecule has 0 saturated carbocycles. The second kappa shape index (κ2) is 3.32. The summed E-state index contributed by atoms with van der Waals surface area (Å²) in [7, 11) is 0. The van der Waals surface area contributed by atoms with Gasteiger partial charge in [-0.05, 0) is 17.7 Å². The minimum absolute atomic E-state index is 0.00602. The molecule has 0 fully saturated rings. The SMILES string of the molecule is FSn1ccc2c(Cl)nc(Cl)nc21. The lowest BCUT2D eigenvalue weighted by Gasteiger charge is -1.96. The molecule has 0 bridgehead atoms.